The summed E-state index contributed by atoms with van der Waals surface area (Å²) < 4.78 is 5.15. The first kappa shape index (κ1) is 13.9. The van der Waals surface area contributed by atoms with E-state index in [1.54, 1.807) is 7.11 Å². The predicted molar refractivity (Wildman–Crippen MR) is 81.3 cm³/mol. The van der Waals surface area contributed by atoms with E-state index >= 15 is 0 Å². The van der Waals surface area contributed by atoms with Gasteiger partial charge in [0, 0.05) is 11.4 Å². The van der Waals surface area contributed by atoms with E-state index in [1.165, 1.54) is 0 Å². The van der Waals surface area contributed by atoms with E-state index in [1.807, 2.05) is 55.5 Å². The van der Waals surface area contributed by atoms with Gasteiger partial charge in [0.05, 0.1) is 13.7 Å². The minimum atomic E-state index is -0.0774. The third-order valence-electron chi connectivity index (χ3n) is 2.93. The molecule has 2 N–H and O–H groups in total. The van der Waals surface area contributed by atoms with Crippen molar-refractivity contribution in [1.29, 1.82) is 0 Å². The Labute approximate surface area is 118 Å². The quantitative estimate of drug-likeness (QED) is 0.878. The Kier molecular flexibility index (Phi) is 4.60. The number of rotatable bonds is 5. The normalized spacial score (nSPS) is 9.90. The molecule has 20 heavy (non-hydrogen) atoms. The maximum atomic E-state index is 11.8. The van der Waals surface area contributed by atoms with Gasteiger partial charge in [-0.2, -0.15) is 0 Å². The zero-order valence-electron chi connectivity index (χ0n) is 11.6. The van der Waals surface area contributed by atoms with Crippen molar-refractivity contribution in [3.05, 3.63) is 54.1 Å². The third kappa shape index (κ3) is 3.75. The molecule has 4 heteroatoms. The number of para-hydroxylation sites is 1. The lowest BCUT2D eigenvalue weighted by Crippen LogP contribution is -2.21. The first-order chi connectivity index (χ1) is 9.69. The second kappa shape index (κ2) is 6.61. The molecule has 0 atom stereocenters. The molecular formula is C16H18N2O2. The highest BCUT2D eigenvalue weighted by Gasteiger charge is 2.04. The fraction of sp³-hybridized carbons (Fsp3) is 0.188. The second-order valence-electron chi connectivity index (χ2n) is 4.45. The average molecular weight is 270 g/mol. The van der Waals surface area contributed by atoms with Crippen molar-refractivity contribution < 1.29 is 9.53 Å². The number of hydrogen-bond donors (Lipinski definition) is 2. The first-order valence-corrected chi connectivity index (χ1v) is 6.42. The molecule has 0 aromatic heterocycles. The smallest absolute Gasteiger partial charge is 0.243 e. The SMILES string of the molecule is COc1ccc(NCC(=O)Nc2ccccc2)c(C)c1. The lowest BCUT2D eigenvalue weighted by Gasteiger charge is -2.11. The molecule has 0 spiro atoms. The summed E-state index contributed by atoms with van der Waals surface area (Å²) in [6.45, 7) is 2.20. The van der Waals surface area contributed by atoms with Crippen LogP contribution in [0.2, 0.25) is 0 Å². The fourth-order valence-electron chi connectivity index (χ4n) is 1.86. The Morgan fingerprint density at radius 1 is 1.15 bits per heavy atom. The van der Waals surface area contributed by atoms with Gasteiger partial charge in [0.15, 0.2) is 0 Å². The zero-order valence-corrected chi connectivity index (χ0v) is 11.6. The lowest BCUT2D eigenvalue weighted by molar-refractivity contribution is -0.114. The predicted octanol–water partition coefficient (Wildman–Crippen LogP) is 3.05. The molecule has 0 radical (unpaired) electrons. The zero-order chi connectivity index (χ0) is 14.4. The van der Waals surface area contributed by atoms with Gasteiger partial charge < -0.3 is 15.4 Å². The summed E-state index contributed by atoms with van der Waals surface area (Å²) in [6.07, 6.45) is 0. The topological polar surface area (TPSA) is 50.4 Å². The summed E-state index contributed by atoms with van der Waals surface area (Å²) in [7, 11) is 1.63. The summed E-state index contributed by atoms with van der Waals surface area (Å²) in [5.74, 6) is 0.730. The van der Waals surface area contributed by atoms with Crippen LogP contribution in [0.4, 0.5) is 11.4 Å². The van der Waals surface area contributed by atoms with Gasteiger partial charge in [-0.25, -0.2) is 0 Å². The molecule has 0 aliphatic carbocycles. The standard InChI is InChI=1S/C16H18N2O2/c1-12-10-14(20-2)8-9-15(12)17-11-16(19)18-13-6-4-3-5-7-13/h3-10,17H,11H2,1-2H3,(H,18,19). The molecule has 0 fully saturated rings. The summed E-state index contributed by atoms with van der Waals surface area (Å²) >= 11 is 0. The summed E-state index contributed by atoms with van der Waals surface area (Å²) in [6, 6.07) is 15.1. The monoisotopic (exact) mass is 270 g/mol. The minimum absolute atomic E-state index is 0.0774. The van der Waals surface area contributed by atoms with Gasteiger partial charge in [0.25, 0.3) is 0 Å². The van der Waals surface area contributed by atoms with Gasteiger partial charge in [-0.15, -0.1) is 0 Å². The Morgan fingerprint density at radius 2 is 1.90 bits per heavy atom. The van der Waals surface area contributed by atoms with Crippen LogP contribution >= 0.6 is 0 Å². The fourth-order valence-corrected chi connectivity index (χ4v) is 1.86. The van der Waals surface area contributed by atoms with E-state index in [9.17, 15) is 4.79 Å². The number of methoxy groups -OCH3 is 1. The molecule has 0 heterocycles. The number of carbonyl (C=O) groups excluding carboxylic acids is 1. The Hall–Kier alpha value is -2.49. The van der Waals surface area contributed by atoms with Crippen LogP contribution in [-0.4, -0.2) is 19.6 Å². The highest BCUT2D eigenvalue weighted by molar-refractivity contribution is 5.93. The highest BCUT2D eigenvalue weighted by Crippen LogP contribution is 2.20. The van der Waals surface area contributed by atoms with Crippen LogP contribution in [0.25, 0.3) is 0 Å². The van der Waals surface area contributed by atoms with Crippen molar-refractivity contribution in [3.8, 4) is 5.75 Å². The first-order valence-electron chi connectivity index (χ1n) is 6.42. The number of benzene rings is 2. The third-order valence-corrected chi connectivity index (χ3v) is 2.93. The Morgan fingerprint density at radius 3 is 2.55 bits per heavy atom. The molecule has 0 aliphatic rings. The van der Waals surface area contributed by atoms with Crippen molar-refractivity contribution in [3.63, 3.8) is 0 Å². The van der Waals surface area contributed by atoms with Crippen LogP contribution in [0.5, 0.6) is 5.75 Å². The van der Waals surface area contributed by atoms with E-state index in [-0.39, 0.29) is 12.5 Å². The van der Waals surface area contributed by atoms with Crippen molar-refractivity contribution in [2.45, 2.75) is 6.92 Å². The van der Waals surface area contributed by atoms with E-state index in [0.29, 0.717) is 0 Å². The van der Waals surface area contributed by atoms with Crippen LogP contribution in [0.3, 0.4) is 0 Å². The number of anilines is 2. The molecule has 0 unspecified atom stereocenters. The number of carbonyl (C=O) groups is 1. The van der Waals surface area contributed by atoms with Crippen molar-refractivity contribution in [2.75, 3.05) is 24.3 Å². The van der Waals surface area contributed by atoms with E-state index in [2.05, 4.69) is 10.6 Å². The van der Waals surface area contributed by atoms with E-state index < -0.39 is 0 Å². The van der Waals surface area contributed by atoms with E-state index in [0.717, 1.165) is 22.7 Å². The van der Waals surface area contributed by atoms with Gasteiger partial charge in [0.1, 0.15) is 5.75 Å². The van der Waals surface area contributed by atoms with E-state index in [4.69, 9.17) is 4.74 Å². The summed E-state index contributed by atoms with van der Waals surface area (Å²) in [4.78, 5) is 11.8. The average Bonchev–Trinajstić information content (AvgIpc) is 2.47. The largest absolute Gasteiger partial charge is 0.497 e. The Balaban J connectivity index is 1.90. The number of ether oxygens (including phenoxy) is 1. The minimum Gasteiger partial charge on any atom is -0.497 e. The van der Waals surface area contributed by atoms with Crippen LogP contribution in [0.15, 0.2) is 48.5 Å². The molecule has 2 aromatic rings. The number of hydrogen-bond acceptors (Lipinski definition) is 3. The molecule has 4 nitrogen and oxygen atoms in total. The lowest BCUT2D eigenvalue weighted by atomic mass is 10.2. The molecule has 0 saturated heterocycles. The van der Waals surface area contributed by atoms with Crippen LogP contribution < -0.4 is 15.4 Å². The molecule has 1 amide bonds. The molecule has 0 bridgehead atoms. The van der Waals surface area contributed by atoms with Crippen molar-refractivity contribution >= 4 is 17.3 Å². The molecular weight excluding hydrogens is 252 g/mol. The number of amides is 1. The maximum absolute atomic E-state index is 11.8. The van der Waals surface area contributed by atoms with Gasteiger partial charge in [-0.3, -0.25) is 4.79 Å². The number of aryl methyl sites for hydroxylation is 1. The number of nitrogens with one attached hydrogen (secondary N) is 2. The maximum Gasteiger partial charge on any atom is 0.243 e. The Bertz CT molecular complexity index is 582. The highest BCUT2D eigenvalue weighted by atomic mass is 16.5. The van der Waals surface area contributed by atoms with Gasteiger partial charge in [-0.05, 0) is 42.8 Å². The van der Waals surface area contributed by atoms with Gasteiger partial charge in [0.2, 0.25) is 5.91 Å². The van der Waals surface area contributed by atoms with Crippen molar-refractivity contribution in [2.24, 2.45) is 0 Å². The molecule has 2 aromatic carbocycles. The summed E-state index contributed by atoms with van der Waals surface area (Å²) in [5.41, 5.74) is 2.76. The molecule has 2 rings (SSSR count). The molecule has 104 valence electrons. The molecule has 0 saturated carbocycles. The van der Waals surface area contributed by atoms with Crippen LogP contribution in [0, 0.1) is 6.92 Å². The van der Waals surface area contributed by atoms with Crippen LogP contribution in [0.1, 0.15) is 5.56 Å². The summed E-state index contributed by atoms with van der Waals surface area (Å²) in [5, 5.41) is 5.94. The van der Waals surface area contributed by atoms with Gasteiger partial charge in [-0.1, -0.05) is 18.2 Å². The molecule has 0 aliphatic heterocycles. The van der Waals surface area contributed by atoms with Gasteiger partial charge >= 0.3 is 0 Å². The van der Waals surface area contributed by atoms with Crippen LogP contribution in [-0.2, 0) is 4.79 Å². The van der Waals surface area contributed by atoms with Crippen molar-refractivity contribution in [1.82, 2.24) is 0 Å². The second-order valence-corrected chi connectivity index (χ2v) is 4.45.